The van der Waals surface area contributed by atoms with Gasteiger partial charge in [0.2, 0.25) is 0 Å². The molecule has 0 aromatic rings. The Hall–Kier alpha value is -0.320. The van der Waals surface area contributed by atoms with Crippen molar-refractivity contribution in [2.75, 3.05) is 54.6 Å². The van der Waals surface area contributed by atoms with Gasteiger partial charge in [-0.15, -0.1) is 0 Å². The van der Waals surface area contributed by atoms with Crippen molar-refractivity contribution < 1.29 is 18.9 Å². The molecule has 8 nitrogen and oxygen atoms in total. The fourth-order valence-corrected chi connectivity index (χ4v) is 5.69. The summed E-state index contributed by atoms with van der Waals surface area (Å²) in [5, 5.41) is 0. The first-order chi connectivity index (χ1) is 12.5. The minimum atomic E-state index is -0.0973. The zero-order valence-corrected chi connectivity index (χ0v) is 16.9. The largest absolute Gasteiger partial charge is 0.362 e. The lowest BCUT2D eigenvalue weighted by Crippen LogP contribution is -2.86. The second-order valence-electron chi connectivity index (χ2n) is 8.67. The minimum Gasteiger partial charge on any atom is -0.362 e. The second-order valence-corrected chi connectivity index (χ2v) is 8.67. The van der Waals surface area contributed by atoms with Crippen LogP contribution in [-0.2, 0) is 18.9 Å². The quantitative estimate of drug-likeness (QED) is 0.696. The van der Waals surface area contributed by atoms with Crippen LogP contribution in [0.4, 0.5) is 0 Å². The molecule has 26 heavy (non-hydrogen) atoms. The van der Waals surface area contributed by atoms with Gasteiger partial charge in [0.15, 0.2) is 24.9 Å². The molecule has 4 rings (SSSR count). The number of rotatable bonds is 4. The van der Waals surface area contributed by atoms with Crippen molar-refractivity contribution in [1.82, 2.24) is 19.6 Å². The van der Waals surface area contributed by atoms with Gasteiger partial charge < -0.3 is 18.9 Å². The van der Waals surface area contributed by atoms with Crippen molar-refractivity contribution in [2.45, 2.75) is 57.5 Å². The summed E-state index contributed by atoms with van der Waals surface area (Å²) >= 11 is 0. The number of ether oxygens (including phenoxy) is 4. The predicted octanol–water partition coefficient (Wildman–Crippen LogP) is 0.207. The van der Waals surface area contributed by atoms with E-state index in [-0.39, 0.29) is 42.7 Å². The summed E-state index contributed by atoms with van der Waals surface area (Å²) in [5.74, 6) is 0. The SMILES string of the molecule is CO[C@@H]1[C@H](OC)N2CCCN3C2C2N1CC(C)(C)CN2[C@@H](OC)[C@@H]3OC. The monoisotopic (exact) mass is 370 g/mol. The molecule has 0 radical (unpaired) electrons. The van der Waals surface area contributed by atoms with Gasteiger partial charge in [0.1, 0.15) is 0 Å². The normalized spacial score (nSPS) is 44.1. The summed E-state index contributed by atoms with van der Waals surface area (Å²) in [4.78, 5) is 9.88. The van der Waals surface area contributed by atoms with Crippen LogP contribution in [0.3, 0.4) is 0 Å². The van der Waals surface area contributed by atoms with Crippen LogP contribution in [0.2, 0.25) is 0 Å². The molecule has 4 fully saturated rings. The van der Waals surface area contributed by atoms with Gasteiger partial charge in [-0.05, 0) is 11.8 Å². The zero-order valence-electron chi connectivity index (χ0n) is 16.9. The number of hydrogen-bond donors (Lipinski definition) is 0. The Balaban J connectivity index is 1.81. The molecule has 0 amide bonds. The van der Waals surface area contributed by atoms with E-state index in [4.69, 9.17) is 18.9 Å². The maximum absolute atomic E-state index is 5.98. The second kappa shape index (κ2) is 6.93. The van der Waals surface area contributed by atoms with Gasteiger partial charge in [-0.2, -0.15) is 0 Å². The maximum Gasteiger partial charge on any atom is 0.151 e. The summed E-state index contributed by atoms with van der Waals surface area (Å²) in [6.07, 6.45) is 1.14. The molecule has 150 valence electrons. The molecule has 4 saturated heterocycles. The average Bonchev–Trinajstić information content (AvgIpc) is 2.62. The molecule has 0 saturated carbocycles. The third kappa shape index (κ3) is 2.66. The lowest BCUT2D eigenvalue weighted by Gasteiger charge is -2.69. The smallest absolute Gasteiger partial charge is 0.151 e. The summed E-state index contributed by atoms with van der Waals surface area (Å²) in [6, 6.07) is 0. The van der Waals surface area contributed by atoms with E-state index in [9.17, 15) is 0 Å². The first kappa shape index (κ1) is 19.0. The van der Waals surface area contributed by atoms with Gasteiger partial charge in [-0.3, -0.25) is 19.6 Å². The van der Waals surface area contributed by atoms with E-state index in [1.165, 1.54) is 0 Å². The van der Waals surface area contributed by atoms with E-state index in [2.05, 4.69) is 33.4 Å². The number of piperazine rings is 2. The highest BCUT2D eigenvalue weighted by molar-refractivity contribution is 5.07. The van der Waals surface area contributed by atoms with Crippen LogP contribution in [0.25, 0.3) is 0 Å². The van der Waals surface area contributed by atoms with Gasteiger partial charge in [-0.1, -0.05) is 13.8 Å². The van der Waals surface area contributed by atoms with Crippen LogP contribution < -0.4 is 0 Å². The van der Waals surface area contributed by atoms with Crippen molar-refractivity contribution >= 4 is 0 Å². The summed E-state index contributed by atoms with van der Waals surface area (Å²) in [7, 11) is 7.16. The first-order valence-electron chi connectivity index (χ1n) is 9.61. The van der Waals surface area contributed by atoms with Crippen LogP contribution in [0.1, 0.15) is 20.3 Å². The van der Waals surface area contributed by atoms with Crippen LogP contribution in [0.5, 0.6) is 0 Å². The zero-order chi connectivity index (χ0) is 18.6. The van der Waals surface area contributed by atoms with E-state index in [0.717, 1.165) is 32.6 Å². The summed E-state index contributed by atoms with van der Waals surface area (Å²) < 4.78 is 23.9. The molecule has 0 bridgehead atoms. The number of nitrogens with zero attached hydrogens (tertiary/aromatic N) is 4. The Morgan fingerprint density at radius 2 is 0.962 bits per heavy atom. The first-order valence-corrected chi connectivity index (χ1v) is 9.61. The van der Waals surface area contributed by atoms with Crippen LogP contribution >= 0.6 is 0 Å². The van der Waals surface area contributed by atoms with Crippen molar-refractivity contribution in [1.29, 1.82) is 0 Å². The van der Waals surface area contributed by atoms with Crippen LogP contribution in [0, 0.1) is 5.41 Å². The number of methoxy groups -OCH3 is 4. The van der Waals surface area contributed by atoms with Crippen molar-refractivity contribution in [3.63, 3.8) is 0 Å². The van der Waals surface area contributed by atoms with E-state index in [1.54, 1.807) is 28.4 Å². The van der Waals surface area contributed by atoms with Gasteiger partial charge in [-0.25, -0.2) is 0 Å². The molecule has 0 aromatic heterocycles. The molecule has 4 aliphatic rings. The topological polar surface area (TPSA) is 49.9 Å². The van der Waals surface area contributed by atoms with Gasteiger partial charge in [0.05, 0.1) is 12.3 Å². The molecule has 0 spiro atoms. The maximum atomic E-state index is 5.98. The Morgan fingerprint density at radius 3 is 1.35 bits per heavy atom. The molecule has 0 aromatic carbocycles. The van der Waals surface area contributed by atoms with Crippen molar-refractivity contribution in [3.8, 4) is 0 Å². The van der Waals surface area contributed by atoms with E-state index in [0.29, 0.717) is 0 Å². The van der Waals surface area contributed by atoms with Gasteiger partial charge in [0.25, 0.3) is 0 Å². The molecular weight excluding hydrogens is 336 g/mol. The molecular formula is C18H34N4O4. The molecule has 8 heteroatoms. The van der Waals surface area contributed by atoms with E-state index < -0.39 is 0 Å². The third-order valence-electron chi connectivity index (χ3n) is 6.44. The molecule has 4 aliphatic heterocycles. The average molecular weight is 370 g/mol. The Bertz CT molecular complexity index is 481. The van der Waals surface area contributed by atoms with Gasteiger partial charge in [0, 0.05) is 54.6 Å². The standard InChI is InChI=1S/C18H34N4O4/c1-18(2)10-21-13-12-19(14(23-3)16(21)25-5)8-7-9-20(12)15(24-4)17(26-6)22(13)11-18/h12-17H,7-11H2,1-6H3/t12?,13?,14-,15-,16-,17+/m0/s1. The molecule has 0 N–H and O–H groups in total. The minimum absolute atomic E-state index is 0.0867. The Kier molecular flexibility index (Phi) is 5.07. The Labute approximate surface area is 156 Å². The third-order valence-corrected chi connectivity index (χ3v) is 6.44. The lowest BCUT2D eigenvalue weighted by atomic mass is 9.85. The molecule has 6 atom stereocenters. The number of hydrogen-bond acceptors (Lipinski definition) is 8. The van der Waals surface area contributed by atoms with Gasteiger partial charge >= 0.3 is 0 Å². The molecule has 4 heterocycles. The fourth-order valence-electron chi connectivity index (χ4n) is 5.69. The summed E-state index contributed by atoms with van der Waals surface area (Å²) in [6.45, 7) is 8.58. The van der Waals surface area contributed by atoms with Crippen LogP contribution in [0.15, 0.2) is 0 Å². The fraction of sp³-hybridized carbons (Fsp3) is 1.00. The van der Waals surface area contributed by atoms with E-state index >= 15 is 0 Å². The molecule has 0 aliphatic carbocycles. The highest BCUT2D eigenvalue weighted by atomic mass is 16.6. The van der Waals surface area contributed by atoms with Crippen molar-refractivity contribution in [3.05, 3.63) is 0 Å². The van der Waals surface area contributed by atoms with Crippen molar-refractivity contribution in [2.24, 2.45) is 5.41 Å². The lowest BCUT2D eigenvalue weighted by molar-refractivity contribution is -0.368. The molecule has 2 unspecified atom stereocenters. The highest BCUT2D eigenvalue weighted by Gasteiger charge is 2.62. The van der Waals surface area contributed by atoms with E-state index in [1.807, 2.05) is 0 Å². The predicted molar refractivity (Wildman–Crippen MR) is 96.0 cm³/mol. The van der Waals surface area contributed by atoms with Crippen LogP contribution in [-0.4, -0.2) is 111 Å². The highest BCUT2D eigenvalue weighted by Crippen LogP contribution is 2.45. The Morgan fingerprint density at radius 1 is 0.615 bits per heavy atom. The summed E-state index contributed by atoms with van der Waals surface area (Å²) in [5.41, 5.74) is 0.125.